The fourth-order valence-corrected chi connectivity index (χ4v) is 3.55. The van der Waals surface area contributed by atoms with E-state index in [1.165, 1.54) is 41.3 Å². The summed E-state index contributed by atoms with van der Waals surface area (Å²) in [7, 11) is 0. The Morgan fingerprint density at radius 3 is 2.57 bits per heavy atom. The number of fused-ring (bicyclic) bond motifs is 1. The van der Waals surface area contributed by atoms with Gasteiger partial charge in [0.1, 0.15) is 10.6 Å². The third-order valence-electron chi connectivity index (χ3n) is 3.95. The van der Waals surface area contributed by atoms with Crippen LogP contribution >= 0.6 is 11.3 Å². The number of halogens is 1. The lowest BCUT2D eigenvalue weighted by atomic mass is 10.0. The number of carbonyl (C=O) groups is 1. The summed E-state index contributed by atoms with van der Waals surface area (Å²) in [5.74, 6) is -0.435. The third kappa shape index (κ3) is 2.59. The molecule has 3 aromatic rings. The number of thiophene rings is 1. The van der Waals surface area contributed by atoms with Crippen LogP contribution in [0, 0.1) is 12.7 Å². The number of Topliss-reactive ketones (excluding diaryl/α,β-unsaturated/α-hetero) is 1. The lowest BCUT2D eigenvalue weighted by molar-refractivity contribution is -0.119. The number of aromatic nitrogens is 2. The second kappa shape index (κ2) is 5.70. The lowest BCUT2D eigenvalue weighted by Gasteiger charge is -2.11. The first kappa shape index (κ1) is 15.6. The zero-order valence-electron chi connectivity index (χ0n) is 13.0. The molecule has 0 N–H and O–H groups in total. The molecule has 1 unspecified atom stereocenters. The number of carbonyl (C=O) groups excluding carboxylic acids is 1. The van der Waals surface area contributed by atoms with Crippen LogP contribution in [0.5, 0.6) is 0 Å². The molecule has 0 bridgehead atoms. The van der Waals surface area contributed by atoms with Gasteiger partial charge in [0.05, 0.1) is 17.8 Å². The molecule has 0 saturated heterocycles. The minimum Gasteiger partial charge on any atom is -0.298 e. The van der Waals surface area contributed by atoms with Crippen LogP contribution in [0.25, 0.3) is 21.3 Å². The maximum Gasteiger partial charge on any atom is 0.263 e. The van der Waals surface area contributed by atoms with Gasteiger partial charge in [-0.15, -0.1) is 11.3 Å². The number of nitrogens with zero attached hydrogens (tertiary/aromatic N) is 2. The molecule has 0 fully saturated rings. The highest BCUT2D eigenvalue weighted by atomic mass is 32.1. The van der Waals surface area contributed by atoms with Gasteiger partial charge >= 0.3 is 0 Å². The van der Waals surface area contributed by atoms with Crippen LogP contribution in [-0.2, 0) is 4.79 Å². The van der Waals surface area contributed by atoms with Gasteiger partial charge in [-0.05, 0) is 38.5 Å². The van der Waals surface area contributed by atoms with Crippen LogP contribution in [0.15, 0.2) is 35.4 Å². The van der Waals surface area contributed by atoms with Gasteiger partial charge in [-0.2, -0.15) is 0 Å². The average molecular weight is 330 g/mol. The maximum absolute atomic E-state index is 13.2. The van der Waals surface area contributed by atoms with E-state index in [4.69, 9.17) is 0 Å². The van der Waals surface area contributed by atoms with Crippen LogP contribution < -0.4 is 5.56 Å². The molecule has 6 heteroatoms. The molecule has 0 amide bonds. The average Bonchev–Trinajstić information content (AvgIpc) is 2.85. The Labute approximate surface area is 136 Å². The van der Waals surface area contributed by atoms with Crippen LogP contribution in [0.1, 0.15) is 24.8 Å². The second-order valence-electron chi connectivity index (χ2n) is 5.46. The molecule has 2 aromatic heterocycles. The van der Waals surface area contributed by atoms with E-state index >= 15 is 0 Å². The standard InChI is InChI=1S/C17H15FN2O2S/c1-9(10(2)21)20-8-19-16-15(17(20)22)14(11(3)23-16)12-4-6-13(18)7-5-12/h4-9H,1-3H3. The molecule has 4 nitrogen and oxygen atoms in total. The van der Waals surface area contributed by atoms with Crippen molar-refractivity contribution in [2.45, 2.75) is 26.8 Å². The van der Waals surface area contributed by atoms with E-state index in [2.05, 4.69) is 4.98 Å². The Hall–Kier alpha value is -2.34. The Morgan fingerprint density at radius 2 is 1.96 bits per heavy atom. The first-order chi connectivity index (χ1) is 10.9. The van der Waals surface area contributed by atoms with Crippen molar-refractivity contribution in [1.82, 2.24) is 9.55 Å². The first-order valence-corrected chi connectivity index (χ1v) is 7.98. The highest BCUT2D eigenvalue weighted by Crippen LogP contribution is 2.35. The number of rotatable bonds is 3. The maximum atomic E-state index is 13.2. The number of ketones is 1. The smallest absolute Gasteiger partial charge is 0.263 e. The van der Waals surface area contributed by atoms with Crippen molar-refractivity contribution in [2.24, 2.45) is 0 Å². The van der Waals surface area contributed by atoms with Gasteiger partial charge in [-0.25, -0.2) is 9.37 Å². The molecule has 0 radical (unpaired) electrons. The second-order valence-corrected chi connectivity index (χ2v) is 6.67. The van der Waals surface area contributed by atoms with E-state index in [9.17, 15) is 14.0 Å². The highest BCUT2D eigenvalue weighted by Gasteiger charge is 2.20. The summed E-state index contributed by atoms with van der Waals surface area (Å²) in [5.41, 5.74) is 1.27. The van der Waals surface area contributed by atoms with E-state index in [1.807, 2.05) is 6.92 Å². The van der Waals surface area contributed by atoms with Crippen molar-refractivity contribution in [2.75, 3.05) is 0 Å². The Balaban J connectivity index is 2.32. The normalized spacial score (nSPS) is 12.5. The molecule has 0 saturated carbocycles. The number of hydrogen-bond donors (Lipinski definition) is 0. The molecule has 118 valence electrons. The summed E-state index contributed by atoms with van der Waals surface area (Å²) >= 11 is 1.42. The van der Waals surface area contributed by atoms with Crippen LogP contribution in [-0.4, -0.2) is 15.3 Å². The molecule has 3 rings (SSSR count). The van der Waals surface area contributed by atoms with E-state index in [1.54, 1.807) is 19.1 Å². The van der Waals surface area contributed by atoms with E-state index in [0.717, 1.165) is 16.0 Å². The van der Waals surface area contributed by atoms with Crippen molar-refractivity contribution < 1.29 is 9.18 Å². The highest BCUT2D eigenvalue weighted by molar-refractivity contribution is 7.19. The Bertz CT molecular complexity index is 957. The fourth-order valence-electron chi connectivity index (χ4n) is 2.55. The Kier molecular flexibility index (Phi) is 3.85. The zero-order valence-corrected chi connectivity index (χ0v) is 13.8. The first-order valence-electron chi connectivity index (χ1n) is 7.16. The molecule has 0 aliphatic rings. The van der Waals surface area contributed by atoms with Crippen LogP contribution in [0.2, 0.25) is 0 Å². The van der Waals surface area contributed by atoms with Crippen molar-refractivity contribution in [1.29, 1.82) is 0 Å². The minimum absolute atomic E-state index is 0.108. The molecule has 23 heavy (non-hydrogen) atoms. The summed E-state index contributed by atoms with van der Waals surface area (Å²) in [6, 6.07) is 5.46. The predicted octanol–water partition coefficient (Wildman–Crippen LogP) is 3.72. The monoisotopic (exact) mass is 330 g/mol. The summed E-state index contributed by atoms with van der Waals surface area (Å²) < 4.78 is 14.5. The van der Waals surface area contributed by atoms with Crippen LogP contribution in [0.3, 0.4) is 0 Å². The van der Waals surface area contributed by atoms with Gasteiger partial charge in [0, 0.05) is 10.4 Å². The van der Waals surface area contributed by atoms with Crippen LogP contribution in [0.4, 0.5) is 4.39 Å². The quantitative estimate of drug-likeness (QED) is 0.735. The summed E-state index contributed by atoms with van der Waals surface area (Å²) in [6.07, 6.45) is 1.42. The largest absolute Gasteiger partial charge is 0.298 e. The molecule has 1 atom stereocenters. The van der Waals surface area contributed by atoms with Gasteiger partial charge in [-0.3, -0.25) is 14.2 Å². The minimum atomic E-state index is -0.569. The third-order valence-corrected chi connectivity index (χ3v) is 4.97. The molecular weight excluding hydrogens is 315 g/mol. The SMILES string of the molecule is CC(=O)C(C)n1cnc2sc(C)c(-c3ccc(F)cc3)c2c1=O. The summed E-state index contributed by atoms with van der Waals surface area (Å²) in [4.78, 5) is 30.3. The molecule has 0 aliphatic carbocycles. The lowest BCUT2D eigenvalue weighted by Crippen LogP contribution is -2.27. The van der Waals surface area contributed by atoms with Gasteiger partial charge in [0.2, 0.25) is 0 Å². The van der Waals surface area contributed by atoms with E-state index in [-0.39, 0.29) is 17.2 Å². The summed E-state index contributed by atoms with van der Waals surface area (Å²) in [5, 5.41) is 0.481. The number of aryl methyl sites for hydroxylation is 1. The van der Waals surface area contributed by atoms with Crippen molar-refractivity contribution >= 4 is 27.3 Å². The molecule has 0 spiro atoms. The molecular formula is C17H15FN2O2S. The topological polar surface area (TPSA) is 52.0 Å². The molecule has 1 aromatic carbocycles. The fraction of sp³-hybridized carbons (Fsp3) is 0.235. The van der Waals surface area contributed by atoms with Gasteiger partial charge in [0.15, 0.2) is 5.78 Å². The van der Waals surface area contributed by atoms with Gasteiger partial charge in [0.25, 0.3) is 5.56 Å². The molecule has 2 heterocycles. The summed E-state index contributed by atoms with van der Waals surface area (Å²) in [6.45, 7) is 5.03. The predicted molar refractivity (Wildman–Crippen MR) is 89.4 cm³/mol. The van der Waals surface area contributed by atoms with Crippen molar-refractivity contribution in [3.63, 3.8) is 0 Å². The number of hydrogen-bond acceptors (Lipinski definition) is 4. The van der Waals surface area contributed by atoms with Gasteiger partial charge < -0.3 is 0 Å². The van der Waals surface area contributed by atoms with Gasteiger partial charge in [-0.1, -0.05) is 12.1 Å². The van der Waals surface area contributed by atoms with Crippen molar-refractivity contribution in [3.8, 4) is 11.1 Å². The van der Waals surface area contributed by atoms with Crippen molar-refractivity contribution in [3.05, 3.63) is 51.6 Å². The molecule has 0 aliphatic heterocycles. The zero-order chi connectivity index (χ0) is 16.7. The van der Waals surface area contributed by atoms with E-state index in [0.29, 0.717) is 10.2 Å². The Morgan fingerprint density at radius 1 is 1.30 bits per heavy atom. The van der Waals surface area contributed by atoms with E-state index < -0.39 is 6.04 Å². The number of benzene rings is 1.